The van der Waals surface area contributed by atoms with Crippen molar-refractivity contribution in [1.29, 1.82) is 0 Å². The van der Waals surface area contributed by atoms with Gasteiger partial charge in [0, 0.05) is 12.7 Å². The zero-order valence-electron chi connectivity index (χ0n) is 12.3. The second-order valence-corrected chi connectivity index (χ2v) is 5.88. The molecule has 0 amide bonds. The highest BCUT2D eigenvalue weighted by Crippen LogP contribution is 2.35. The maximum Gasteiger partial charge on any atom is 0.158 e. The number of rotatable bonds is 2. The molecule has 0 bridgehead atoms. The van der Waals surface area contributed by atoms with Gasteiger partial charge < -0.3 is 14.6 Å². The maximum absolute atomic E-state index is 10.6. The fourth-order valence-corrected chi connectivity index (χ4v) is 3.21. The minimum absolute atomic E-state index is 0.375. The van der Waals surface area contributed by atoms with Crippen LogP contribution in [0.5, 0.6) is 0 Å². The molecule has 0 fully saturated rings. The Morgan fingerprint density at radius 1 is 1.13 bits per heavy atom. The SMILES string of the molecule is OC1CN(Cc2ccccc2)c2ncnc(Cl)c2-n2cccc21. The number of benzene rings is 1. The predicted octanol–water partition coefficient (Wildman–Crippen LogP) is 2.97. The van der Waals surface area contributed by atoms with Gasteiger partial charge in [-0.25, -0.2) is 9.97 Å². The lowest BCUT2D eigenvalue weighted by Gasteiger charge is -2.24. The number of anilines is 1. The van der Waals surface area contributed by atoms with Crippen molar-refractivity contribution in [3.63, 3.8) is 0 Å². The highest BCUT2D eigenvalue weighted by Gasteiger charge is 2.28. The molecule has 1 N–H and O–H groups in total. The van der Waals surface area contributed by atoms with Crippen molar-refractivity contribution >= 4 is 17.4 Å². The van der Waals surface area contributed by atoms with E-state index in [1.165, 1.54) is 6.33 Å². The average molecular weight is 327 g/mol. The first-order valence-electron chi connectivity index (χ1n) is 7.39. The van der Waals surface area contributed by atoms with Crippen LogP contribution in [0.1, 0.15) is 17.4 Å². The number of fused-ring (bicyclic) bond motifs is 3. The molecule has 2 aromatic heterocycles. The number of aliphatic hydroxyl groups is 1. The van der Waals surface area contributed by atoms with Gasteiger partial charge in [-0.1, -0.05) is 41.9 Å². The normalized spacial score (nSPS) is 16.6. The van der Waals surface area contributed by atoms with Crippen LogP contribution in [0.4, 0.5) is 5.82 Å². The molecule has 0 saturated heterocycles. The number of hydrogen-bond acceptors (Lipinski definition) is 4. The Morgan fingerprint density at radius 2 is 1.96 bits per heavy atom. The first-order chi connectivity index (χ1) is 11.2. The van der Waals surface area contributed by atoms with Crippen LogP contribution < -0.4 is 4.90 Å². The summed E-state index contributed by atoms with van der Waals surface area (Å²) < 4.78 is 1.87. The second-order valence-electron chi connectivity index (χ2n) is 5.52. The maximum atomic E-state index is 10.6. The smallest absolute Gasteiger partial charge is 0.158 e. The number of hydrogen-bond donors (Lipinski definition) is 1. The third-order valence-corrected chi connectivity index (χ3v) is 4.31. The van der Waals surface area contributed by atoms with Crippen LogP contribution in [-0.4, -0.2) is 26.2 Å². The summed E-state index contributed by atoms with van der Waals surface area (Å²) in [4.78, 5) is 10.6. The molecule has 0 radical (unpaired) electrons. The van der Waals surface area contributed by atoms with Crippen LogP contribution in [0.2, 0.25) is 5.15 Å². The molecule has 0 saturated carbocycles. The van der Waals surface area contributed by atoms with Gasteiger partial charge in [0.15, 0.2) is 11.0 Å². The van der Waals surface area contributed by atoms with Crippen molar-refractivity contribution in [1.82, 2.24) is 14.5 Å². The van der Waals surface area contributed by atoms with Gasteiger partial charge in [-0.05, 0) is 17.7 Å². The van der Waals surface area contributed by atoms with Crippen molar-refractivity contribution in [2.75, 3.05) is 11.4 Å². The summed E-state index contributed by atoms with van der Waals surface area (Å²) in [6.45, 7) is 1.09. The number of nitrogens with zero attached hydrogens (tertiary/aromatic N) is 4. The summed E-state index contributed by atoms with van der Waals surface area (Å²) in [6.07, 6.45) is 2.71. The molecule has 3 aromatic rings. The molecular formula is C17H15ClN4O. The van der Waals surface area contributed by atoms with E-state index in [9.17, 15) is 5.11 Å². The molecule has 1 aromatic carbocycles. The molecule has 1 aliphatic heterocycles. The first-order valence-corrected chi connectivity index (χ1v) is 7.77. The largest absolute Gasteiger partial charge is 0.385 e. The van der Waals surface area contributed by atoms with E-state index in [0.29, 0.717) is 23.9 Å². The fourth-order valence-electron chi connectivity index (χ4n) is 2.99. The topological polar surface area (TPSA) is 54.2 Å². The average Bonchev–Trinajstić information content (AvgIpc) is 3.00. The van der Waals surface area contributed by atoms with Crippen molar-refractivity contribution in [2.45, 2.75) is 12.6 Å². The minimum Gasteiger partial charge on any atom is -0.385 e. The quantitative estimate of drug-likeness (QED) is 0.736. The summed E-state index contributed by atoms with van der Waals surface area (Å²) in [5.74, 6) is 0.725. The second kappa shape index (κ2) is 5.68. The molecule has 6 heteroatoms. The minimum atomic E-state index is -0.626. The predicted molar refractivity (Wildman–Crippen MR) is 88.8 cm³/mol. The Kier molecular flexibility index (Phi) is 3.52. The Hall–Kier alpha value is -2.37. The van der Waals surface area contributed by atoms with Crippen molar-refractivity contribution < 1.29 is 5.11 Å². The molecule has 3 heterocycles. The van der Waals surface area contributed by atoms with Crippen LogP contribution in [-0.2, 0) is 6.54 Å². The summed E-state index contributed by atoms with van der Waals surface area (Å²) >= 11 is 6.34. The molecule has 23 heavy (non-hydrogen) atoms. The third-order valence-electron chi connectivity index (χ3n) is 4.03. The van der Waals surface area contributed by atoms with E-state index in [1.54, 1.807) is 0 Å². The van der Waals surface area contributed by atoms with E-state index in [2.05, 4.69) is 22.1 Å². The van der Waals surface area contributed by atoms with Crippen molar-refractivity contribution in [3.05, 3.63) is 71.4 Å². The monoisotopic (exact) mass is 326 g/mol. The molecule has 1 atom stereocenters. The van der Waals surface area contributed by atoms with Gasteiger partial charge in [-0.3, -0.25) is 0 Å². The van der Waals surface area contributed by atoms with Crippen LogP contribution in [0.25, 0.3) is 5.69 Å². The Morgan fingerprint density at radius 3 is 2.78 bits per heavy atom. The fraction of sp³-hybridized carbons (Fsp3) is 0.176. The Labute approximate surface area is 138 Å². The van der Waals surface area contributed by atoms with Crippen molar-refractivity contribution in [2.24, 2.45) is 0 Å². The molecule has 0 aliphatic carbocycles. The van der Waals surface area contributed by atoms with Crippen molar-refractivity contribution in [3.8, 4) is 5.69 Å². The van der Waals surface area contributed by atoms with Gasteiger partial charge in [0.1, 0.15) is 18.1 Å². The number of aliphatic hydroxyl groups excluding tert-OH is 1. The molecule has 5 nitrogen and oxygen atoms in total. The number of β-amino-alcohol motifs (C(OH)–C–C–N with tert-alkyl or cyclic N) is 1. The van der Waals surface area contributed by atoms with Gasteiger partial charge >= 0.3 is 0 Å². The number of halogens is 1. The van der Waals surface area contributed by atoms with E-state index in [-0.39, 0.29) is 0 Å². The lowest BCUT2D eigenvalue weighted by atomic mass is 10.2. The first kappa shape index (κ1) is 14.2. The van der Waals surface area contributed by atoms with Gasteiger partial charge in [0.25, 0.3) is 0 Å². The van der Waals surface area contributed by atoms with E-state index in [1.807, 2.05) is 46.0 Å². The zero-order valence-corrected chi connectivity index (χ0v) is 13.1. The molecule has 1 unspecified atom stereocenters. The van der Waals surface area contributed by atoms with Crippen LogP contribution in [0, 0.1) is 0 Å². The Balaban J connectivity index is 1.84. The van der Waals surface area contributed by atoms with E-state index < -0.39 is 6.10 Å². The lowest BCUT2D eigenvalue weighted by Crippen LogP contribution is -2.28. The van der Waals surface area contributed by atoms with E-state index in [0.717, 1.165) is 17.1 Å². The van der Waals surface area contributed by atoms with Gasteiger partial charge in [-0.2, -0.15) is 0 Å². The van der Waals surface area contributed by atoms with Crippen LogP contribution >= 0.6 is 11.6 Å². The van der Waals surface area contributed by atoms with Crippen LogP contribution in [0.3, 0.4) is 0 Å². The van der Waals surface area contributed by atoms with Gasteiger partial charge in [0.2, 0.25) is 0 Å². The highest BCUT2D eigenvalue weighted by atomic mass is 35.5. The molecule has 116 valence electrons. The van der Waals surface area contributed by atoms with E-state index in [4.69, 9.17) is 11.6 Å². The molecular weight excluding hydrogens is 312 g/mol. The van der Waals surface area contributed by atoms with Gasteiger partial charge in [0.05, 0.1) is 12.2 Å². The number of aromatic nitrogens is 3. The van der Waals surface area contributed by atoms with E-state index >= 15 is 0 Å². The summed E-state index contributed by atoms with van der Waals surface area (Å²) in [5.41, 5.74) is 2.65. The third kappa shape index (κ3) is 2.48. The molecule has 0 spiro atoms. The highest BCUT2D eigenvalue weighted by molar-refractivity contribution is 6.31. The lowest BCUT2D eigenvalue weighted by molar-refractivity contribution is 0.178. The summed E-state index contributed by atoms with van der Waals surface area (Å²) in [6, 6.07) is 13.9. The van der Waals surface area contributed by atoms with Gasteiger partial charge in [-0.15, -0.1) is 0 Å². The Bertz CT molecular complexity index is 834. The zero-order chi connectivity index (χ0) is 15.8. The van der Waals surface area contributed by atoms with Crippen LogP contribution in [0.15, 0.2) is 55.0 Å². The summed E-state index contributed by atoms with van der Waals surface area (Å²) in [7, 11) is 0. The standard InChI is InChI=1S/C17H15ClN4O/c18-16-15-17(20-11-19-16)21(9-12-5-2-1-3-6-12)10-14(23)13-7-4-8-22(13)15/h1-8,11,14,23H,9-10H2. The molecule has 4 rings (SSSR count). The molecule has 1 aliphatic rings. The summed E-state index contributed by atoms with van der Waals surface area (Å²) in [5, 5.41) is 11.0.